The van der Waals surface area contributed by atoms with Crippen LogP contribution in [0.3, 0.4) is 0 Å². The third-order valence-electron chi connectivity index (χ3n) is 11.8. The second kappa shape index (κ2) is 13.4. The van der Waals surface area contributed by atoms with Gasteiger partial charge in [-0.05, 0) is 74.2 Å². The second-order valence-corrected chi connectivity index (χ2v) is 15.5. The molecule has 0 amide bonds. The van der Waals surface area contributed by atoms with E-state index in [1.54, 1.807) is 0 Å². The standard InChI is InChI=1S/C48H48N4/c1-29-5-13-33(14-6-29)45-37-21-23-39(49-37)46(34-15-7-30(2)8-16-34)41-25-27-43(51-41)48(36-19-11-32(4)12-20-36)44-28-26-42(52-44)47(40-24-22-38(45)50-40)35-17-9-31(3)10-18-35/h5-28,37,39,42,44-52H,1-4H3. The molecule has 3 aliphatic heterocycles. The minimum absolute atomic E-state index is 0.113. The van der Waals surface area contributed by atoms with Gasteiger partial charge in [0.25, 0.3) is 0 Å². The van der Waals surface area contributed by atoms with E-state index in [-0.39, 0.29) is 47.8 Å². The summed E-state index contributed by atoms with van der Waals surface area (Å²) in [5, 5.41) is 8.30. The molecule has 4 heteroatoms. The van der Waals surface area contributed by atoms with E-state index >= 15 is 0 Å². The van der Waals surface area contributed by atoms with Crippen LogP contribution < -0.4 is 10.6 Å². The van der Waals surface area contributed by atoms with Gasteiger partial charge in [-0.15, -0.1) is 0 Å². The summed E-state index contributed by atoms with van der Waals surface area (Å²) in [7, 11) is 0. The summed E-state index contributed by atoms with van der Waals surface area (Å²) in [6.07, 6.45) is 9.66. The van der Waals surface area contributed by atoms with Crippen molar-refractivity contribution >= 4 is 0 Å². The van der Waals surface area contributed by atoms with Crippen LogP contribution in [0.25, 0.3) is 0 Å². The van der Waals surface area contributed by atoms with Crippen molar-refractivity contribution in [2.45, 2.75) is 75.5 Å². The van der Waals surface area contributed by atoms with Crippen LogP contribution in [-0.4, -0.2) is 34.1 Å². The Morgan fingerprint density at radius 1 is 0.288 bits per heavy atom. The number of hydrogen-bond acceptors (Lipinski definition) is 2. The smallest absolute Gasteiger partial charge is 0.0430 e. The van der Waals surface area contributed by atoms with Gasteiger partial charge in [-0.3, -0.25) is 0 Å². The van der Waals surface area contributed by atoms with Crippen LogP contribution in [0.2, 0.25) is 0 Å². The van der Waals surface area contributed by atoms with Gasteiger partial charge >= 0.3 is 0 Å². The molecule has 5 heterocycles. The van der Waals surface area contributed by atoms with Crippen molar-refractivity contribution in [3.8, 4) is 0 Å². The number of rotatable bonds is 4. The van der Waals surface area contributed by atoms with Crippen molar-refractivity contribution in [2.24, 2.45) is 0 Å². The Hall–Kier alpha value is -5.16. The average Bonchev–Trinajstić information content (AvgIpc) is 3.99. The van der Waals surface area contributed by atoms with E-state index in [2.05, 4.69) is 194 Å². The van der Waals surface area contributed by atoms with Gasteiger partial charge in [0.1, 0.15) is 0 Å². The van der Waals surface area contributed by atoms with Crippen molar-refractivity contribution in [1.82, 2.24) is 20.6 Å². The molecule has 260 valence electrons. The largest absolute Gasteiger partial charge is 0.361 e. The predicted molar refractivity (Wildman–Crippen MR) is 213 cm³/mol. The van der Waals surface area contributed by atoms with Gasteiger partial charge in [-0.2, -0.15) is 0 Å². The van der Waals surface area contributed by atoms with E-state index in [0.717, 1.165) is 0 Å². The van der Waals surface area contributed by atoms with Gasteiger partial charge in [-0.25, -0.2) is 0 Å². The minimum Gasteiger partial charge on any atom is -0.361 e. The summed E-state index contributed by atoms with van der Waals surface area (Å²) in [4.78, 5) is 8.06. The number of benzene rings is 4. The molecule has 0 radical (unpaired) electrons. The quantitative estimate of drug-likeness (QED) is 0.140. The van der Waals surface area contributed by atoms with Crippen LogP contribution in [0.5, 0.6) is 0 Å². The summed E-state index contributed by atoms with van der Waals surface area (Å²) < 4.78 is 0. The predicted octanol–water partition coefficient (Wildman–Crippen LogP) is 9.61. The second-order valence-electron chi connectivity index (χ2n) is 15.5. The molecule has 8 unspecified atom stereocenters. The maximum absolute atomic E-state index is 4.15. The van der Waals surface area contributed by atoms with Crippen molar-refractivity contribution < 1.29 is 0 Å². The maximum Gasteiger partial charge on any atom is 0.0430 e. The Morgan fingerprint density at radius 3 is 0.712 bits per heavy atom. The Balaban J connectivity index is 1.22. The molecule has 8 bridgehead atoms. The third kappa shape index (κ3) is 6.10. The first-order valence-corrected chi connectivity index (χ1v) is 18.9. The number of fused-ring (bicyclic) bond motifs is 8. The molecular weight excluding hydrogens is 633 g/mol. The Kier molecular flexibility index (Phi) is 8.45. The lowest BCUT2D eigenvalue weighted by Crippen LogP contribution is -2.40. The lowest BCUT2D eigenvalue weighted by atomic mass is 9.87. The van der Waals surface area contributed by atoms with Gasteiger partial charge in [-0.1, -0.05) is 144 Å². The molecule has 0 aliphatic carbocycles. The fourth-order valence-corrected chi connectivity index (χ4v) is 8.98. The summed E-state index contributed by atoms with van der Waals surface area (Å²) in [5.74, 6) is 0.466. The highest BCUT2D eigenvalue weighted by molar-refractivity contribution is 5.46. The molecule has 52 heavy (non-hydrogen) atoms. The zero-order valence-corrected chi connectivity index (χ0v) is 30.5. The lowest BCUT2D eigenvalue weighted by molar-refractivity contribution is 0.476. The Bertz CT molecular complexity index is 1900. The molecule has 4 nitrogen and oxygen atoms in total. The molecule has 8 atom stereocenters. The average molecular weight is 681 g/mol. The molecule has 3 aliphatic rings. The summed E-state index contributed by atoms with van der Waals surface area (Å²) in [6.45, 7) is 8.67. The number of aromatic nitrogens is 2. The number of aromatic amines is 2. The number of hydrogen-bond donors (Lipinski definition) is 4. The molecular formula is C48H48N4. The van der Waals surface area contributed by atoms with E-state index in [1.165, 1.54) is 67.3 Å². The molecule has 0 saturated heterocycles. The lowest BCUT2D eigenvalue weighted by Gasteiger charge is -2.30. The van der Waals surface area contributed by atoms with Crippen molar-refractivity contribution in [3.63, 3.8) is 0 Å². The first-order chi connectivity index (χ1) is 25.4. The van der Waals surface area contributed by atoms with Crippen LogP contribution >= 0.6 is 0 Å². The molecule has 9 rings (SSSR count). The van der Waals surface area contributed by atoms with Crippen LogP contribution in [0, 0.1) is 27.7 Å². The van der Waals surface area contributed by atoms with Crippen LogP contribution in [-0.2, 0) is 0 Å². The monoisotopic (exact) mass is 680 g/mol. The summed E-state index contributed by atoms with van der Waals surface area (Å²) in [5.41, 5.74) is 15.3. The van der Waals surface area contributed by atoms with Gasteiger partial charge in [0, 0.05) is 70.6 Å². The van der Waals surface area contributed by atoms with Crippen LogP contribution in [0.4, 0.5) is 0 Å². The number of H-pyrrole nitrogens is 2. The Morgan fingerprint density at radius 2 is 0.500 bits per heavy atom. The van der Waals surface area contributed by atoms with Gasteiger partial charge in [0.2, 0.25) is 0 Å². The SMILES string of the molecule is Cc1ccc(C2c3ccc([nH]3)C(c3ccc(C)cc3)C3C=CC(N3)C(c3ccc(C)cc3)c3ccc([nH]3)C(c3ccc(C)cc3)C3C=CC2N3)cc1. The third-order valence-corrected chi connectivity index (χ3v) is 11.8. The highest BCUT2D eigenvalue weighted by Gasteiger charge is 2.38. The highest BCUT2D eigenvalue weighted by Crippen LogP contribution is 2.41. The topological polar surface area (TPSA) is 55.6 Å². The van der Waals surface area contributed by atoms with Crippen molar-refractivity contribution in [2.75, 3.05) is 0 Å². The summed E-state index contributed by atoms with van der Waals surface area (Å²) >= 11 is 0. The van der Waals surface area contributed by atoms with Crippen LogP contribution in [0.15, 0.2) is 146 Å². The number of nitrogens with one attached hydrogen (secondary N) is 4. The first-order valence-electron chi connectivity index (χ1n) is 18.9. The molecule has 2 aromatic heterocycles. The number of aryl methyl sites for hydroxylation is 4. The zero-order chi connectivity index (χ0) is 35.3. The van der Waals surface area contributed by atoms with E-state index in [9.17, 15) is 0 Å². The van der Waals surface area contributed by atoms with Crippen LogP contribution in [0.1, 0.15) is 91.0 Å². The first kappa shape index (κ1) is 32.7. The fraction of sp³-hybridized carbons (Fsp3) is 0.250. The van der Waals surface area contributed by atoms with Gasteiger partial charge in [0.15, 0.2) is 0 Å². The fourth-order valence-electron chi connectivity index (χ4n) is 8.98. The zero-order valence-electron chi connectivity index (χ0n) is 30.5. The maximum atomic E-state index is 4.15. The van der Waals surface area contributed by atoms with Gasteiger partial charge < -0.3 is 20.6 Å². The highest BCUT2D eigenvalue weighted by atomic mass is 15.0. The molecule has 4 N–H and O–H groups in total. The normalized spacial score (nSPS) is 26.5. The van der Waals surface area contributed by atoms with E-state index < -0.39 is 0 Å². The van der Waals surface area contributed by atoms with E-state index in [1.807, 2.05) is 0 Å². The van der Waals surface area contributed by atoms with Crippen molar-refractivity contribution in [3.05, 3.63) is 213 Å². The molecule has 4 aromatic carbocycles. The van der Waals surface area contributed by atoms with Gasteiger partial charge in [0.05, 0.1) is 0 Å². The van der Waals surface area contributed by atoms with E-state index in [0.29, 0.717) is 0 Å². The Labute approximate surface area is 308 Å². The minimum atomic E-state index is 0.113. The van der Waals surface area contributed by atoms with Crippen molar-refractivity contribution in [1.29, 1.82) is 0 Å². The molecule has 0 fully saturated rings. The summed E-state index contributed by atoms with van der Waals surface area (Å²) in [6, 6.07) is 46.2. The molecule has 0 saturated carbocycles. The van der Waals surface area contributed by atoms with E-state index in [4.69, 9.17) is 0 Å². The molecule has 0 spiro atoms. The molecule has 6 aromatic rings.